The molecule has 0 aromatic carbocycles. The van der Waals surface area contributed by atoms with Crippen LogP contribution in [0.5, 0.6) is 0 Å². The van der Waals surface area contributed by atoms with E-state index in [1.165, 1.54) is 19.4 Å². The second-order valence-electron chi connectivity index (χ2n) is 5.54. The number of fused-ring (bicyclic) bond motifs is 1. The predicted molar refractivity (Wildman–Crippen MR) is 86.6 cm³/mol. The molecule has 0 spiro atoms. The Morgan fingerprint density at radius 1 is 1.45 bits per heavy atom. The molecule has 7 heteroatoms. The first-order chi connectivity index (χ1) is 10.8. The van der Waals surface area contributed by atoms with Gasteiger partial charge in [-0.3, -0.25) is 4.90 Å². The lowest BCUT2D eigenvalue weighted by molar-refractivity contribution is 0.267. The van der Waals surface area contributed by atoms with Gasteiger partial charge in [-0.15, -0.1) is 0 Å². The molecule has 0 bridgehead atoms. The molecule has 3 heterocycles. The van der Waals surface area contributed by atoms with Gasteiger partial charge in [0.2, 0.25) is 0 Å². The highest BCUT2D eigenvalue weighted by Crippen LogP contribution is 2.15. The van der Waals surface area contributed by atoms with Gasteiger partial charge < -0.3 is 11.1 Å². The minimum Gasteiger partial charge on any atom is -0.370 e. The van der Waals surface area contributed by atoms with Crippen LogP contribution in [0.25, 0.3) is 5.65 Å². The summed E-state index contributed by atoms with van der Waals surface area (Å²) in [5.41, 5.74) is 7.77. The second kappa shape index (κ2) is 6.74. The van der Waals surface area contributed by atoms with Gasteiger partial charge >= 0.3 is 0 Å². The summed E-state index contributed by atoms with van der Waals surface area (Å²) in [5.74, 6) is 0.486. The third-order valence-corrected chi connectivity index (χ3v) is 4.20. The van der Waals surface area contributed by atoms with Gasteiger partial charge in [0.15, 0.2) is 11.6 Å². The zero-order valence-corrected chi connectivity index (χ0v) is 12.9. The van der Waals surface area contributed by atoms with Crippen molar-refractivity contribution in [3.05, 3.63) is 30.2 Å². The van der Waals surface area contributed by atoms with E-state index in [-0.39, 0.29) is 0 Å². The highest BCUT2D eigenvalue weighted by atomic mass is 15.3. The first kappa shape index (κ1) is 14.8. The van der Waals surface area contributed by atoms with Gasteiger partial charge in [0.1, 0.15) is 0 Å². The summed E-state index contributed by atoms with van der Waals surface area (Å²) in [6.07, 6.45) is 6.00. The largest absolute Gasteiger partial charge is 0.370 e. The quantitative estimate of drug-likeness (QED) is 0.625. The van der Waals surface area contributed by atoms with E-state index in [0.717, 1.165) is 24.4 Å². The smallest absolute Gasteiger partial charge is 0.189 e. The van der Waals surface area contributed by atoms with Crippen LogP contribution in [0.15, 0.2) is 29.5 Å². The Kier molecular flexibility index (Phi) is 4.53. The number of likely N-dealkylation sites (N-methyl/N-ethyl adjacent to an activating group) is 1. The van der Waals surface area contributed by atoms with Gasteiger partial charge in [-0.25, -0.2) is 14.5 Å². The van der Waals surface area contributed by atoms with E-state index in [4.69, 9.17) is 5.73 Å². The molecule has 0 aliphatic carbocycles. The molecule has 22 heavy (non-hydrogen) atoms. The van der Waals surface area contributed by atoms with Gasteiger partial charge in [0.05, 0.1) is 18.4 Å². The van der Waals surface area contributed by atoms with E-state index >= 15 is 0 Å². The van der Waals surface area contributed by atoms with Crippen molar-refractivity contribution in [2.45, 2.75) is 32.4 Å². The number of nitrogens with two attached hydrogens (primary N) is 1. The van der Waals surface area contributed by atoms with Crippen molar-refractivity contribution < 1.29 is 0 Å². The van der Waals surface area contributed by atoms with Crippen molar-refractivity contribution >= 4 is 11.6 Å². The minimum absolute atomic E-state index is 0.486. The Bertz CT molecular complexity index is 648. The molecule has 0 radical (unpaired) electrons. The number of nitrogens with zero attached hydrogens (tertiary/aromatic N) is 5. The van der Waals surface area contributed by atoms with Crippen LogP contribution in [0, 0.1) is 0 Å². The average Bonchev–Trinajstić information content (AvgIpc) is 3.19. The predicted octanol–water partition coefficient (Wildman–Crippen LogP) is 0.618. The first-order valence-corrected chi connectivity index (χ1v) is 7.83. The van der Waals surface area contributed by atoms with Gasteiger partial charge in [-0.2, -0.15) is 5.10 Å². The Morgan fingerprint density at radius 3 is 3.23 bits per heavy atom. The number of nitrogens with one attached hydrogen (secondary N) is 1. The number of hydrogen-bond acceptors (Lipinski definition) is 4. The van der Waals surface area contributed by atoms with Crippen LogP contribution in [0.1, 0.15) is 25.5 Å². The van der Waals surface area contributed by atoms with E-state index in [9.17, 15) is 0 Å². The fourth-order valence-electron chi connectivity index (χ4n) is 2.99. The molecular weight excluding hydrogens is 278 g/mol. The first-order valence-electron chi connectivity index (χ1n) is 7.83. The van der Waals surface area contributed by atoms with Gasteiger partial charge in [-0.05, 0) is 32.0 Å². The van der Waals surface area contributed by atoms with Crippen molar-refractivity contribution in [2.24, 2.45) is 10.7 Å². The maximum atomic E-state index is 5.98. The van der Waals surface area contributed by atoms with Crippen molar-refractivity contribution in [2.75, 3.05) is 19.6 Å². The Hall–Kier alpha value is -2.15. The summed E-state index contributed by atoms with van der Waals surface area (Å²) in [6, 6.07) is 4.35. The highest BCUT2D eigenvalue weighted by molar-refractivity contribution is 5.77. The molecule has 3 N–H and O–H groups in total. The molecular formula is C15H23N7. The van der Waals surface area contributed by atoms with Crippen LogP contribution < -0.4 is 11.1 Å². The maximum Gasteiger partial charge on any atom is 0.189 e. The lowest BCUT2D eigenvalue weighted by atomic mass is 10.2. The molecule has 1 saturated heterocycles. The number of guanidine groups is 1. The van der Waals surface area contributed by atoms with Gasteiger partial charge in [-0.1, -0.05) is 6.92 Å². The van der Waals surface area contributed by atoms with Crippen LogP contribution in [0.3, 0.4) is 0 Å². The molecule has 7 nitrogen and oxygen atoms in total. The SMILES string of the molecule is CCN1CCCC1CNC(N)=NCc1ccnc2ccnn12. The fraction of sp³-hybridized carbons (Fsp3) is 0.533. The summed E-state index contributed by atoms with van der Waals surface area (Å²) >= 11 is 0. The molecule has 2 aromatic rings. The molecule has 1 atom stereocenters. The van der Waals surface area contributed by atoms with Crippen molar-refractivity contribution in [1.29, 1.82) is 0 Å². The second-order valence-corrected chi connectivity index (χ2v) is 5.54. The highest BCUT2D eigenvalue weighted by Gasteiger charge is 2.22. The van der Waals surface area contributed by atoms with Crippen molar-refractivity contribution in [1.82, 2.24) is 24.8 Å². The van der Waals surface area contributed by atoms with E-state index < -0.39 is 0 Å². The standard InChI is InChI=1S/C15H23N7/c1-2-21-9-3-4-12(21)10-18-15(16)19-11-13-5-7-17-14-6-8-20-22(13)14/h5-8,12H,2-4,9-11H2,1H3,(H3,16,18,19). The summed E-state index contributed by atoms with van der Waals surface area (Å²) in [4.78, 5) is 11.1. The zero-order valence-electron chi connectivity index (χ0n) is 12.9. The average molecular weight is 301 g/mol. The lowest BCUT2D eigenvalue weighted by Gasteiger charge is -2.23. The summed E-state index contributed by atoms with van der Waals surface area (Å²) in [7, 11) is 0. The fourth-order valence-corrected chi connectivity index (χ4v) is 2.99. The molecule has 1 aliphatic heterocycles. The number of hydrogen-bond donors (Lipinski definition) is 2. The van der Waals surface area contributed by atoms with Gasteiger partial charge in [0, 0.05) is 24.8 Å². The number of aliphatic imine (C=N–C) groups is 1. The van der Waals surface area contributed by atoms with E-state index in [1.54, 1.807) is 16.9 Å². The Balaban J connectivity index is 1.57. The Morgan fingerprint density at radius 2 is 2.36 bits per heavy atom. The third-order valence-electron chi connectivity index (χ3n) is 4.20. The topological polar surface area (TPSA) is 83.8 Å². The van der Waals surface area contributed by atoms with Crippen LogP contribution in [0.2, 0.25) is 0 Å². The number of likely N-dealkylation sites (tertiary alicyclic amines) is 1. The van der Waals surface area contributed by atoms with E-state index in [1.807, 2.05) is 12.1 Å². The maximum absolute atomic E-state index is 5.98. The normalized spacial score (nSPS) is 19.9. The van der Waals surface area contributed by atoms with E-state index in [0.29, 0.717) is 18.5 Å². The molecule has 0 saturated carbocycles. The van der Waals surface area contributed by atoms with E-state index in [2.05, 4.69) is 32.2 Å². The molecule has 3 rings (SSSR count). The van der Waals surface area contributed by atoms with Crippen LogP contribution >= 0.6 is 0 Å². The minimum atomic E-state index is 0.486. The van der Waals surface area contributed by atoms with Crippen LogP contribution in [-0.2, 0) is 6.54 Å². The lowest BCUT2D eigenvalue weighted by Crippen LogP contribution is -2.42. The molecule has 118 valence electrons. The molecule has 1 aliphatic rings. The molecule has 1 unspecified atom stereocenters. The monoisotopic (exact) mass is 301 g/mol. The van der Waals surface area contributed by atoms with Gasteiger partial charge in [0.25, 0.3) is 0 Å². The van der Waals surface area contributed by atoms with Crippen LogP contribution in [0.4, 0.5) is 0 Å². The zero-order chi connectivity index (χ0) is 15.4. The summed E-state index contributed by atoms with van der Waals surface area (Å²) < 4.78 is 1.78. The van der Waals surface area contributed by atoms with Crippen molar-refractivity contribution in [3.63, 3.8) is 0 Å². The summed E-state index contributed by atoms with van der Waals surface area (Å²) in [6.45, 7) is 5.83. The molecule has 1 fully saturated rings. The third kappa shape index (κ3) is 3.19. The Labute approximate surface area is 130 Å². The van der Waals surface area contributed by atoms with Crippen LogP contribution in [-0.4, -0.2) is 51.1 Å². The number of rotatable bonds is 5. The molecule has 0 amide bonds. The summed E-state index contributed by atoms with van der Waals surface area (Å²) in [5, 5.41) is 7.49. The van der Waals surface area contributed by atoms with Crippen molar-refractivity contribution in [3.8, 4) is 0 Å². The number of aromatic nitrogens is 3. The molecule has 2 aromatic heterocycles.